The van der Waals surface area contributed by atoms with Gasteiger partial charge in [-0.1, -0.05) is 6.92 Å². The molecule has 0 aliphatic heterocycles. The van der Waals surface area contributed by atoms with Crippen molar-refractivity contribution in [2.75, 3.05) is 18.1 Å². The highest BCUT2D eigenvalue weighted by Gasteiger charge is 2.05. The van der Waals surface area contributed by atoms with E-state index in [1.54, 1.807) is 18.5 Å². The molecule has 0 spiro atoms. The summed E-state index contributed by atoms with van der Waals surface area (Å²) in [5.74, 6) is 0.698. The van der Waals surface area contributed by atoms with Gasteiger partial charge in [-0.25, -0.2) is 9.97 Å². The summed E-state index contributed by atoms with van der Waals surface area (Å²) in [7, 11) is -0.771. The average Bonchev–Trinajstić information content (AvgIpc) is 2.17. The molecule has 15 heavy (non-hydrogen) atoms. The molecule has 0 aliphatic carbocycles. The van der Waals surface area contributed by atoms with E-state index in [2.05, 4.69) is 15.3 Å². The SMILES string of the molecule is CC(CCNc1ccnc(Cl)n1)S(C)=O. The summed E-state index contributed by atoms with van der Waals surface area (Å²) in [5, 5.41) is 3.52. The molecule has 4 nitrogen and oxygen atoms in total. The van der Waals surface area contributed by atoms with Gasteiger partial charge in [0.15, 0.2) is 0 Å². The van der Waals surface area contributed by atoms with Crippen LogP contribution in [0.5, 0.6) is 0 Å². The topological polar surface area (TPSA) is 54.9 Å². The lowest BCUT2D eigenvalue weighted by Gasteiger charge is -2.09. The first-order valence-electron chi connectivity index (χ1n) is 4.64. The van der Waals surface area contributed by atoms with Gasteiger partial charge >= 0.3 is 0 Å². The molecule has 1 heterocycles. The molecule has 1 aromatic heterocycles. The minimum Gasteiger partial charge on any atom is -0.370 e. The molecule has 1 rings (SSSR count). The number of nitrogens with zero attached hydrogens (tertiary/aromatic N) is 2. The number of hydrogen-bond donors (Lipinski definition) is 1. The van der Waals surface area contributed by atoms with Gasteiger partial charge in [0.05, 0.1) is 0 Å². The Hall–Kier alpha value is -0.680. The second kappa shape index (κ2) is 6.02. The Morgan fingerprint density at radius 3 is 3.00 bits per heavy atom. The van der Waals surface area contributed by atoms with Crippen LogP contribution < -0.4 is 5.32 Å². The van der Waals surface area contributed by atoms with E-state index in [4.69, 9.17) is 11.6 Å². The Kier molecular flexibility index (Phi) is 4.98. The summed E-state index contributed by atoms with van der Waals surface area (Å²) in [4.78, 5) is 7.76. The molecule has 0 amide bonds. The smallest absolute Gasteiger partial charge is 0.224 e. The van der Waals surface area contributed by atoms with E-state index in [9.17, 15) is 4.21 Å². The van der Waals surface area contributed by atoms with Crippen LogP contribution in [0.25, 0.3) is 0 Å². The van der Waals surface area contributed by atoms with Crippen LogP contribution in [0.2, 0.25) is 5.28 Å². The molecule has 1 N–H and O–H groups in total. The van der Waals surface area contributed by atoms with Crippen LogP contribution in [0, 0.1) is 0 Å². The van der Waals surface area contributed by atoms with Crippen LogP contribution in [0.3, 0.4) is 0 Å². The van der Waals surface area contributed by atoms with E-state index in [-0.39, 0.29) is 10.5 Å². The predicted molar refractivity (Wildman–Crippen MR) is 63.7 cm³/mol. The third-order valence-electron chi connectivity index (χ3n) is 2.05. The molecule has 2 unspecified atom stereocenters. The van der Waals surface area contributed by atoms with Gasteiger partial charge in [0.25, 0.3) is 0 Å². The zero-order valence-electron chi connectivity index (χ0n) is 8.74. The minimum atomic E-state index is -0.771. The Morgan fingerprint density at radius 2 is 2.40 bits per heavy atom. The molecular formula is C9H14ClN3OS. The zero-order valence-corrected chi connectivity index (χ0v) is 10.3. The summed E-state index contributed by atoms with van der Waals surface area (Å²) < 4.78 is 11.1. The highest BCUT2D eigenvalue weighted by molar-refractivity contribution is 7.84. The third kappa shape index (κ3) is 4.57. The number of hydrogen-bond acceptors (Lipinski definition) is 4. The Morgan fingerprint density at radius 1 is 1.67 bits per heavy atom. The molecule has 6 heteroatoms. The number of rotatable bonds is 5. The molecule has 0 radical (unpaired) electrons. The Bertz CT molecular complexity index is 348. The van der Waals surface area contributed by atoms with E-state index in [1.807, 2.05) is 6.92 Å². The lowest BCUT2D eigenvalue weighted by molar-refractivity contribution is 0.672. The summed E-state index contributed by atoms with van der Waals surface area (Å²) in [5.41, 5.74) is 0. The summed E-state index contributed by atoms with van der Waals surface area (Å²) >= 11 is 5.63. The largest absolute Gasteiger partial charge is 0.370 e. The average molecular weight is 248 g/mol. The fourth-order valence-corrected chi connectivity index (χ4v) is 1.60. The maximum absolute atomic E-state index is 11.1. The number of anilines is 1. The van der Waals surface area contributed by atoms with Gasteiger partial charge in [-0.05, 0) is 24.1 Å². The van der Waals surface area contributed by atoms with Gasteiger partial charge in [0, 0.05) is 35.0 Å². The van der Waals surface area contributed by atoms with Gasteiger partial charge in [-0.3, -0.25) is 4.21 Å². The Labute approximate surface area is 96.9 Å². The number of aromatic nitrogens is 2. The van der Waals surface area contributed by atoms with Crippen molar-refractivity contribution in [1.29, 1.82) is 0 Å². The highest BCUT2D eigenvalue weighted by Crippen LogP contribution is 2.06. The van der Waals surface area contributed by atoms with Gasteiger partial charge in [0.2, 0.25) is 5.28 Å². The van der Waals surface area contributed by atoms with Crippen molar-refractivity contribution >= 4 is 28.2 Å². The zero-order chi connectivity index (χ0) is 11.3. The fraction of sp³-hybridized carbons (Fsp3) is 0.556. The van der Waals surface area contributed by atoms with Crippen molar-refractivity contribution in [2.45, 2.75) is 18.6 Å². The molecule has 0 saturated heterocycles. The van der Waals surface area contributed by atoms with Crippen molar-refractivity contribution in [3.8, 4) is 0 Å². The van der Waals surface area contributed by atoms with Gasteiger partial charge in [0.1, 0.15) is 5.82 Å². The molecule has 0 bridgehead atoms. The fourth-order valence-electron chi connectivity index (χ4n) is 1.00. The molecule has 0 saturated carbocycles. The lowest BCUT2D eigenvalue weighted by Crippen LogP contribution is -2.15. The summed E-state index contributed by atoms with van der Waals surface area (Å²) in [6, 6.07) is 1.75. The van der Waals surface area contributed by atoms with E-state index in [0.717, 1.165) is 13.0 Å². The van der Waals surface area contributed by atoms with Crippen molar-refractivity contribution in [1.82, 2.24) is 9.97 Å². The molecule has 84 valence electrons. The maximum Gasteiger partial charge on any atom is 0.224 e. The van der Waals surface area contributed by atoms with E-state index >= 15 is 0 Å². The quantitative estimate of drug-likeness (QED) is 0.805. The van der Waals surface area contributed by atoms with Gasteiger partial charge < -0.3 is 5.32 Å². The molecule has 1 aromatic rings. The first-order valence-corrected chi connectivity index (χ1v) is 6.64. The third-order valence-corrected chi connectivity index (χ3v) is 3.60. The van der Waals surface area contributed by atoms with Crippen molar-refractivity contribution in [3.63, 3.8) is 0 Å². The molecule has 2 atom stereocenters. The standard InChI is InChI=1S/C9H14ClN3OS/c1-7(15(2)14)3-5-11-8-4-6-12-9(10)13-8/h4,6-7H,3,5H2,1-2H3,(H,11,12,13). The van der Waals surface area contributed by atoms with Crippen molar-refractivity contribution in [2.24, 2.45) is 0 Å². The summed E-state index contributed by atoms with van der Waals surface area (Å²) in [6.45, 7) is 2.69. The second-order valence-electron chi connectivity index (χ2n) is 3.24. The van der Waals surface area contributed by atoms with Crippen LogP contribution in [-0.4, -0.2) is 32.2 Å². The van der Waals surface area contributed by atoms with Gasteiger partial charge in [-0.15, -0.1) is 0 Å². The van der Waals surface area contributed by atoms with Gasteiger partial charge in [-0.2, -0.15) is 0 Å². The monoisotopic (exact) mass is 247 g/mol. The van der Waals surface area contributed by atoms with Crippen LogP contribution in [-0.2, 0) is 10.8 Å². The van der Waals surface area contributed by atoms with Crippen LogP contribution >= 0.6 is 11.6 Å². The highest BCUT2D eigenvalue weighted by atomic mass is 35.5. The Balaban J connectivity index is 2.35. The van der Waals surface area contributed by atoms with Crippen LogP contribution in [0.15, 0.2) is 12.3 Å². The minimum absolute atomic E-state index is 0.190. The maximum atomic E-state index is 11.1. The molecule has 0 fully saturated rings. The predicted octanol–water partition coefficient (Wildman–Crippen LogP) is 1.70. The molecule has 0 aromatic carbocycles. The first kappa shape index (κ1) is 12.4. The van der Waals surface area contributed by atoms with Crippen LogP contribution in [0.4, 0.5) is 5.82 Å². The summed E-state index contributed by atoms with van der Waals surface area (Å²) in [6.07, 6.45) is 4.15. The lowest BCUT2D eigenvalue weighted by atomic mass is 10.3. The van der Waals surface area contributed by atoms with Crippen molar-refractivity contribution in [3.05, 3.63) is 17.5 Å². The van der Waals surface area contributed by atoms with E-state index in [1.165, 1.54) is 0 Å². The van der Waals surface area contributed by atoms with E-state index < -0.39 is 10.8 Å². The van der Waals surface area contributed by atoms with E-state index in [0.29, 0.717) is 5.82 Å². The van der Waals surface area contributed by atoms with Crippen molar-refractivity contribution < 1.29 is 4.21 Å². The second-order valence-corrected chi connectivity index (χ2v) is 5.38. The van der Waals surface area contributed by atoms with Crippen LogP contribution in [0.1, 0.15) is 13.3 Å². The first-order chi connectivity index (χ1) is 7.09. The number of nitrogens with one attached hydrogen (secondary N) is 1. The number of halogens is 1. The molecule has 0 aliphatic rings. The normalized spacial score (nSPS) is 14.6. The molecular weight excluding hydrogens is 234 g/mol.